The fraction of sp³-hybridized carbons (Fsp3) is 0.929. The third kappa shape index (κ3) is 25.7. The van der Waals surface area contributed by atoms with Crippen molar-refractivity contribution in [2.24, 2.45) is 0 Å². The molecule has 3 N–H and O–H groups in total. The van der Waals surface area contributed by atoms with Gasteiger partial charge in [-0.05, 0) is 12.8 Å². The Hall–Kier alpha value is -1.03. The van der Waals surface area contributed by atoms with Crippen LogP contribution in [0.25, 0.3) is 0 Å². The van der Waals surface area contributed by atoms with Crippen LogP contribution in [0.4, 0.5) is 0 Å². The molecule has 232 valence electrons. The standard InChI is InChI=1S/C28H55O10P/c1-3-5-7-9-11-12-13-14-16-17-19-27(31)35-23-26(24-37-39(33,34)36-22-25(30)21-29)38-28(32)20-18-15-10-8-6-4-2/h25-26,29-30H,3-24H2,1-2H3,(H,33,34)/t25-,26+/m0/s1. The summed E-state index contributed by atoms with van der Waals surface area (Å²) in [6, 6.07) is 0. The Bertz CT molecular complexity index is 646. The van der Waals surface area contributed by atoms with Gasteiger partial charge in [0.15, 0.2) is 6.10 Å². The molecule has 10 nitrogen and oxygen atoms in total. The predicted octanol–water partition coefficient (Wildman–Crippen LogP) is 5.99. The second-order valence-electron chi connectivity index (χ2n) is 10.1. The number of aliphatic hydroxyl groups is 2. The fourth-order valence-corrected chi connectivity index (χ4v) is 4.66. The molecule has 0 rings (SSSR count). The van der Waals surface area contributed by atoms with Crippen molar-refractivity contribution in [2.45, 2.75) is 142 Å². The van der Waals surface area contributed by atoms with E-state index >= 15 is 0 Å². The average molecular weight is 583 g/mol. The normalized spacial score (nSPS) is 14.5. The number of carbonyl (C=O) groups is 2. The molecule has 0 heterocycles. The van der Waals surface area contributed by atoms with Crippen molar-refractivity contribution in [2.75, 3.05) is 26.4 Å². The van der Waals surface area contributed by atoms with Gasteiger partial charge in [0.1, 0.15) is 12.7 Å². The summed E-state index contributed by atoms with van der Waals surface area (Å²) in [6.07, 6.45) is 15.5. The highest BCUT2D eigenvalue weighted by Gasteiger charge is 2.27. The zero-order chi connectivity index (χ0) is 29.2. The number of unbranched alkanes of at least 4 members (excludes halogenated alkanes) is 14. The zero-order valence-corrected chi connectivity index (χ0v) is 25.3. The van der Waals surface area contributed by atoms with Crippen molar-refractivity contribution in [3.63, 3.8) is 0 Å². The lowest BCUT2D eigenvalue weighted by Gasteiger charge is -2.20. The molecule has 0 aliphatic rings. The fourth-order valence-electron chi connectivity index (χ4n) is 3.87. The molecule has 0 radical (unpaired) electrons. The third-order valence-corrected chi connectivity index (χ3v) is 7.21. The summed E-state index contributed by atoms with van der Waals surface area (Å²) in [7, 11) is -4.58. The Morgan fingerprint density at radius 1 is 0.667 bits per heavy atom. The highest BCUT2D eigenvalue weighted by atomic mass is 31.2. The molecule has 0 aromatic heterocycles. The van der Waals surface area contributed by atoms with Gasteiger partial charge in [-0.15, -0.1) is 0 Å². The van der Waals surface area contributed by atoms with Crippen LogP contribution in [0.5, 0.6) is 0 Å². The minimum absolute atomic E-state index is 0.186. The van der Waals surface area contributed by atoms with Crippen LogP contribution in [-0.4, -0.2) is 65.7 Å². The molecule has 0 saturated heterocycles. The first-order chi connectivity index (χ1) is 18.7. The summed E-state index contributed by atoms with van der Waals surface area (Å²) >= 11 is 0. The summed E-state index contributed by atoms with van der Waals surface area (Å²) in [5.41, 5.74) is 0. The molecule has 1 unspecified atom stereocenters. The summed E-state index contributed by atoms with van der Waals surface area (Å²) in [4.78, 5) is 34.3. The highest BCUT2D eigenvalue weighted by molar-refractivity contribution is 7.47. The Labute approximate surface area is 235 Å². The first-order valence-corrected chi connectivity index (χ1v) is 16.5. The summed E-state index contributed by atoms with van der Waals surface area (Å²) in [6.45, 7) is 2.25. The minimum atomic E-state index is -4.58. The van der Waals surface area contributed by atoms with Crippen LogP contribution in [0.3, 0.4) is 0 Å². The van der Waals surface area contributed by atoms with Crippen LogP contribution in [0.2, 0.25) is 0 Å². The van der Waals surface area contributed by atoms with Crippen molar-refractivity contribution >= 4 is 19.8 Å². The smallest absolute Gasteiger partial charge is 0.462 e. The molecule has 11 heteroatoms. The van der Waals surface area contributed by atoms with E-state index in [1.165, 1.54) is 38.5 Å². The molecule has 0 aromatic rings. The van der Waals surface area contributed by atoms with E-state index in [0.29, 0.717) is 12.8 Å². The van der Waals surface area contributed by atoms with Gasteiger partial charge in [0.25, 0.3) is 0 Å². The average Bonchev–Trinajstić information content (AvgIpc) is 2.91. The van der Waals surface area contributed by atoms with E-state index in [0.717, 1.165) is 51.4 Å². The number of hydrogen-bond acceptors (Lipinski definition) is 9. The first-order valence-electron chi connectivity index (χ1n) is 15.0. The second kappa shape index (κ2) is 25.9. The summed E-state index contributed by atoms with van der Waals surface area (Å²) in [5.74, 6) is -0.935. The molecule has 39 heavy (non-hydrogen) atoms. The van der Waals surface area contributed by atoms with E-state index in [1.807, 2.05) is 0 Å². The maximum absolute atomic E-state index is 12.3. The van der Waals surface area contributed by atoms with E-state index in [-0.39, 0.29) is 19.4 Å². The van der Waals surface area contributed by atoms with Gasteiger partial charge in [-0.3, -0.25) is 18.6 Å². The van der Waals surface area contributed by atoms with Crippen LogP contribution < -0.4 is 0 Å². The van der Waals surface area contributed by atoms with Gasteiger partial charge in [-0.25, -0.2) is 4.57 Å². The SMILES string of the molecule is CCCCCCCCCCCCC(=O)OC[C@H](COP(=O)(O)OC[C@@H](O)CO)OC(=O)CCCCCCCC. The Kier molecular flexibility index (Phi) is 25.2. The van der Waals surface area contributed by atoms with Gasteiger partial charge in [-0.2, -0.15) is 0 Å². The molecule has 0 bridgehead atoms. The van der Waals surface area contributed by atoms with Crippen molar-refractivity contribution < 1.29 is 47.8 Å². The van der Waals surface area contributed by atoms with Crippen LogP contribution >= 0.6 is 7.82 Å². The maximum Gasteiger partial charge on any atom is 0.472 e. The lowest BCUT2D eigenvalue weighted by atomic mass is 10.1. The maximum atomic E-state index is 12.3. The number of hydrogen-bond donors (Lipinski definition) is 3. The Morgan fingerprint density at radius 3 is 1.59 bits per heavy atom. The molecule has 0 spiro atoms. The molecule has 3 atom stereocenters. The van der Waals surface area contributed by atoms with Crippen molar-refractivity contribution in [1.29, 1.82) is 0 Å². The monoisotopic (exact) mass is 582 g/mol. The largest absolute Gasteiger partial charge is 0.472 e. The quantitative estimate of drug-likeness (QED) is 0.0570. The van der Waals surface area contributed by atoms with E-state index in [1.54, 1.807) is 0 Å². The molecular weight excluding hydrogens is 527 g/mol. The second-order valence-corrected chi connectivity index (χ2v) is 11.6. The first kappa shape index (κ1) is 38.0. The predicted molar refractivity (Wildman–Crippen MR) is 150 cm³/mol. The minimum Gasteiger partial charge on any atom is -0.462 e. The molecule has 0 saturated carbocycles. The summed E-state index contributed by atoms with van der Waals surface area (Å²) in [5, 5.41) is 18.1. The Morgan fingerprint density at radius 2 is 1.10 bits per heavy atom. The van der Waals surface area contributed by atoms with Crippen LogP contribution in [0, 0.1) is 0 Å². The topological polar surface area (TPSA) is 149 Å². The van der Waals surface area contributed by atoms with E-state index in [9.17, 15) is 24.2 Å². The highest BCUT2D eigenvalue weighted by Crippen LogP contribution is 2.43. The lowest BCUT2D eigenvalue weighted by Crippen LogP contribution is -2.29. The number of carbonyl (C=O) groups excluding carboxylic acids is 2. The van der Waals surface area contributed by atoms with Gasteiger partial charge < -0.3 is 24.6 Å². The van der Waals surface area contributed by atoms with E-state index in [4.69, 9.17) is 19.1 Å². The zero-order valence-electron chi connectivity index (χ0n) is 24.4. The number of esters is 2. The number of aliphatic hydroxyl groups excluding tert-OH is 2. The molecule has 0 aromatic carbocycles. The van der Waals surface area contributed by atoms with Gasteiger partial charge in [0, 0.05) is 12.8 Å². The van der Waals surface area contributed by atoms with Crippen LogP contribution in [0.15, 0.2) is 0 Å². The molecular formula is C28H55O10P. The molecule has 0 aliphatic heterocycles. The van der Waals surface area contributed by atoms with Gasteiger partial charge in [0.2, 0.25) is 0 Å². The molecule has 0 fully saturated rings. The van der Waals surface area contributed by atoms with E-state index in [2.05, 4.69) is 18.4 Å². The Balaban J connectivity index is 4.44. The van der Waals surface area contributed by atoms with Crippen LogP contribution in [0.1, 0.15) is 129 Å². The van der Waals surface area contributed by atoms with Gasteiger partial charge in [-0.1, -0.05) is 104 Å². The lowest BCUT2D eigenvalue weighted by molar-refractivity contribution is -0.161. The third-order valence-electron chi connectivity index (χ3n) is 6.26. The number of ether oxygens (including phenoxy) is 2. The number of phosphoric acid groups is 1. The number of rotatable bonds is 28. The summed E-state index contributed by atoms with van der Waals surface area (Å²) < 4.78 is 32.2. The molecule has 0 aliphatic carbocycles. The number of phosphoric ester groups is 1. The van der Waals surface area contributed by atoms with Crippen molar-refractivity contribution in [1.82, 2.24) is 0 Å². The van der Waals surface area contributed by atoms with E-state index < -0.39 is 51.8 Å². The van der Waals surface area contributed by atoms with Gasteiger partial charge in [0.05, 0.1) is 19.8 Å². The van der Waals surface area contributed by atoms with Crippen molar-refractivity contribution in [3.05, 3.63) is 0 Å². The van der Waals surface area contributed by atoms with Crippen molar-refractivity contribution in [3.8, 4) is 0 Å². The molecule has 0 amide bonds. The van der Waals surface area contributed by atoms with Gasteiger partial charge >= 0.3 is 19.8 Å². The van der Waals surface area contributed by atoms with Crippen LogP contribution in [-0.2, 0) is 32.7 Å².